The summed E-state index contributed by atoms with van der Waals surface area (Å²) >= 11 is 3.38. The Morgan fingerprint density at radius 1 is 1.16 bits per heavy atom. The molecule has 1 atom stereocenters. The summed E-state index contributed by atoms with van der Waals surface area (Å²) in [6, 6.07) is 11.3. The number of hydrogen-bond acceptors (Lipinski definition) is 1. The Morgan fingerprint density at radius 2 is 1.89 bits per heavy atom. The zero-order valence-electron chi connectivity index (χ0n) is 11.3. The molecular weight excluding hydrogens is 305 g/mol. The van der Waals surface area contributed by atoms with Gasteiger partial charge in [-0.15, -0.1) is 0 Å². The largest absolute Gasteiger partial charge is 0.375 e. The van der Waals surface area contributed by atoms with Gasteiger partial charge >= 0.3 is 0 Å². The SMILES string of the molecule is Cc1ccc(C(C)Nc2c(F)cccc2Br)c(C)c1. The lowest BCUT2D eigenvalue weighted by atomic mass is 10.00. The molecule has 2 rings (SSSR count). The molecule has 2 aromatic carbocycles. The molecule has 3 heteroatoms. The summed E-state index contributed by atoms with van der Waals surface area (Å²) < 4.78 is 14.5. The van der Waals surface area contributed by atoms with E-state index in [1.165, 1.54) is 22.8 Å². The van der Waals surface area contributed by atoms with Crippen LogP contribution in [0, 0.1) is 19.7 Å². The van der Waals surface area contributed by atoms with Crippen molar-refractivity contribution in [1.29, 1.82) is 0 Å². The van der Waals surface area contributed by atoms with Gasteiger partial charge in [0.2, 0.25) is 0 Å². The van der Waals surface area contributed by atoms with Gasteiger partial charge in [0.05, 0.1) is 5.69 Å². The van der Waals surface area contributed by atoms with Crippen molar-refractivity contribution in [2.24, 2.45) is 0 Å². The van der Waals surface area contributed by atoms with Crippen LogP contribution in [0.4, 0.5) is 10.1 Å². The first-order valence-electron chi connectivity index (χ1n) is 6.26. The van der Waals surface area contributed by atoms with Crippen molar-refractivity contribution in [2.45, 2.75) is 26.8 Å². The fourth-order valence-corrected chi connectivity index (χ4v) is 2.70. The fourth-order valence-electron chi connectivity index (χ4n) is 2.24. The van der Waals surface area contributed by atoms with Crippen LogP contribution >= 0.6 is 15.9 Å². The van der Waals surface area contributed by atoms with Gasteiger partial charge in [0, 0.05) is 10.5 Å². The Bertz CT molecular complexity index is 575. The summed E-state index contributed by atoms with van der Waals surface area (Å²) in [5.74, 6) is -0.244. The van der Waals surface area contributed by atoms with E-state index in [1.54, 1.807) is 6.07 Å². The molecule has 0 spiro atoms. The molecule has 0 aliphatic carbocycles. The van der Waals surface area contributed by atoms with Gasteiger partial charge in [0.15, 0.2) is 0 Å². The van der Waals surface area contributed by atoms with Gasteiger partial charge in [0.1, 0.15) is 5.82 Å². The van der Waals surface area contributed by atoms with Crippen LogP contribution in [-0.4, -0.2) is 0 Å². The highest BCUT2D eigenvalue weighted by atomic mass is 79.9. The smallest absolute Gasteiger partial charge is 0.147 e. The molecule has 1 unspecified atom stereocenters. The standard InChI is InChI=1S/C16H17BrFN/c1-10-7-8-13(11(2)9-10)12(3)19-16-14(17)5-4-6-15(16)18/h4-9,12,19H,1-3H3. The number of halogens is 2. The van der Waals surface area contributed by atoms with Crippen LogP contribution in [0.3, 0.4) is 0 Å². The number of aryl methyl sites for hydroxylation is 2. The summed E-state index contributed by atoms with van der Waals surface area (Å²) in [6.45, 7) is 6.19. The predicted molar refractivity (Wildman–Crippen MR) is 82.1 cm³/mol. The van der Waals surface area contributed by atoms with Crippen molar-refractivity contribution in [3.8, 4) is 0 Å². The number of nitrogens with one attached hydrogen (secondary N) is 1. The van der Waals surface area contributed by atoms with Gasteiger partial charge in [-0.25, -0.2) is 4.39 Å². The Kier molecular flexibility index (Phi) is 4.25. The molecule has 0 amide bonds. The Labute approximate surface area is 122 Å². The fraction of sp³-hybridized carbons (Fsp3) is 0.250. The second kappa shape index (κ2) is 5.74. The van der Waals surface area contributed by atoms with Crippen molar-refractivity contribution >= 4 is 21.6 Å². The van der Waals surface area contributed by atoms with Crippen LogP contribution in [-0.2, 0) is 0 Å². The van der Waals surface area contributed by atoms with Crippen LogP contribution in [0.2, 0.25) is 0 Å². The highest BCUT2D eigenvalue weighted by molar-refractivity contribution is 9.10. The average molecular weight is 322 g/mol. The maximum atomic E-state index is 13.8. The third-order valence-electron chi connectivity index (χ3n) is 3.22. The quantitative estimate of drug-likeness (QED) is 0.800. The summed E-state index contributed by atoms with van der Waals surface area (Å²) in [4.78, 5) is 0. The van der Waals surface area contributed by atoms with Crippen LogP contribution in [0.25, 0.3) is 0 Å². The number of para-hydroxylation sites is 1. The van der Waals surface area contributed by atoms with E-state index in [9.17, 15) is 4.39 Å². The van der Waals surface area contributed by atoms with Crippen molar-refractivity contribution in [3.63, 3.8) is 0 Å². The van der Waals surface area contributed by atoms with Crippen molar-refractivity contribution < 1.29 is 4.39 Å². The lowest BCUT2D eigenvalue weighted by Gasteiger charge is -2.19. The zero-order valence-corrected chi connectivity index (χ0v) is 12.9. The van der Waals surface area contributed by atoms with Gasteiger partial charge in [-0.05, 0) is 60.0 Å². The molecule has 2 aromatic rings. The highest BCUT2D eigenvalue weighted by Gasteiger charge is 2.12. The van der Waals surface area contributed by atoms with E-state index < -0.39 is 0 Å². The van der Waals surface area contributed by atoms with Gasteiger partial charge in [0.25, 0.3) is 0 Å². The van der Waals surface area contributed by atoms with Crippen LogP contribution in [0.1, 0.15) is 29.7 Å². The van der Waals surface area contributed by atoms with Crippen LogP contribution in [0.5, 0.6) is 0 Å². The molecule has 0 bridgehead atoms. The minimum atomic E-state index is -0.244. The second-order valence-corrected chi connectivity index (χ2v) is 5.68. The zero-order chi connectivity index (χ0) is 14.0. The molecule has 0 aliphatic heterocycles. The van der Waals surface area contributed by atoms with Gasteiger partial charge < -0.3 is 5.32 Å². The summed E-state index contributed by atoms with van der Waals surface area (Å²) in [7, 11) is 0. The molecule has 0 heterocycles. The Hall–Kier alpha value is -1.35. The van der Waals surface area contributed by atoms with Crippen molar-refractivity contribution in [1.82, 2.24) is 0 Å². The lowest BCUT2D eigenvalue weighted by molar-refractivity contribution is 0.626. The molecule has 100 valence electrons. The van der Waals surface area contributed by atoms with Crippen molar-refractivity contribution in [2.75, 3.05) is 5.32 Å². The van der Waals surface area contributed by atoms with E-state index >= 15 is 0 Å². The number of hydrogen-bond donors (Lipinski definition) is 1. The van der Waals surface area contributed by atoms with E-state index in [0.717, 1.165) is 4.47 Å². The first-order chi connectivity index (χ1) is 8.99. The normalized spacial score (nSPS) is 12.3. The van der Waals surface area contributed by atoms with E-state index in [4.69, 9.17) is 0 Å². The first kappa shape index (κ1) is 14.1. The molecule has 1 N–H and O–H groups in total. The summed E-state index contributed by atoms with van der Waals surface area (Å²) in [5.41, 5.74) is 4.14. The molecule has 0 fully saturated rings. The topological polar surface area (TPSA) is 12.0 Å². The summed E-state index contributed by atoms with van der Waals surface area (Å²) in [5, 5.41) is 3.23. The lowest BCUT2D eigenvalue weighted by Crippen LogP contribution is -2.10. The maximum Gasteiger partial charge on any atom is 0.147 e. The molecule has 0 aliphatic rings. The molecule has 0 saturated carbocycles. The average Bonchev–Trinajstić information content (AvgIpc) is 2.33. The van der Waals surface area contributed by atoms with Crippen molar-refractivity contribution in [3.05, 3.63) is 63.4 Å². The van der Waals surface area contributed by atoms with E-state index in [1.807, 2.05) is 13.0 Å². The minimum Gasteiger partial charge on any atom is -0.375 e. The second-order valence-electron chi connectivity index (χ2n) is 4.82. The van der Waals surface area contributed by atoms with Crippen LogP contribution in [0.15, 0.2) is 40.9 Å². The minimum absolute atomic E-state index is 0.0498. The van der Waals surface area contributed by atoms with Gasteiger partial charge in [-0.2, -0.15) is 0 Å². The number of anilines is 1. The number of rotatable bonds is 3. The highest BCUT2D eigenvalue weighted by Crippen LogP contribution is 2.30. The van der Waals surface area contributed by atoms with E-state index in [0.29, 0.717) is 5.69 Å². The Morgan fingerprint density at radius 3 is 2.53 bits per heavy atom. The van der Waals surface area contributed by atoms with Gasteiger partial charge in [-0.1, -0.05) is 29.8 Å². The van der Waals surface area contributed by atoms with E-state index in [-0.39, 0.29) is 11.9 Å². The summed E-state index contributed by atoms with van der Waals surface area (Å²) in [6.07, 6.45) is 0. The third kappa shape index (κ3) is 3.16. The molecular formula is C16H17BrFN. The number of benzene rings is 2. The molecule has 19 heavy (non-hydrogen) atoms. The molecule has 0 saturated heterocycles. The molecule has 0 aromatic heterocycles. The Balaban J connectivity index is 2.28. The van der Waals surface area contributed by atoms with E-state index in [2.05, 4.69) is 53.3 Å². The van der Waals surface area contributed by atoms with Gasteiger partial charge in [-0.3, -0.25) is 0 Å². The van der Waals surface area contributed by atoms with Crippen LogP contribution < -0.4 is 5.32 Å². The molecule has 1 nitrogen and oxygen atoms in total. The maximum absolute atomic E-state index is 13.8. The third-order valence-corrected chi connectivity index (χ3v) is 3.88. The molecule has 0 radical (unpaired) electrons. The monoisotopic (exact) mass is 321 g/mol. The first-order valence-corrected chi connectivity index (χ1v) is 7.06. The predicted octanol–water partition coefficient (Wildman–Crippen LogP) is 5.38.